The Hall–Kier alpha value is -2.18. The summed E-state index contributed by atoms with van der Waals surface area (Å²) in [5.41, 5.74) is 1.90. The smallest absolute Gasteiger partial charge is 0.279 e. The summed E-state index contributed by atoms with van der Waals surface area (Å²) < 4.78 is 0. The van der Waals surface area contributed by atoms with Crippen molar-refractivity contribution in [3.05, 3.63) is 30.3 Å². The third-order valence-corrected chi connectivity index (χ3v) is 4.74. The quantitative estimate of drug-likeness (QED) is 0.612. The van der Waals surface area contributed by atoms with E-state index in [0.29, 0.717) is 6.54 Å². The number of quaternary nitrogens is 2. The Morgan fingerprint density at radius 2 is 1.92 bits per heavy atom. The highest BCUT2D eigenvalue weighted by Crippen LogP contribution is 2.23. The van der Waals surface area contributed by atoms with Gasteiger partial charge in [0.2, 0.25) is 0 Å². The number of rotatable bonds is 4. The summed E-state index contributed by atoms with van der Waals surface area (Å²) in [6, 6.07) is 10.1. The number of hydrogen-bond donors (Lipinski definition) is 3. The number of piperazine rings is 1. The molecule has 1 aliphatic rings. The summed E-state index contributed by atoms with van der Waals surface area (Å²) in [6.45, 7) is 4.93. The Morgan fingerprint density at radius 3 is 2.62 bits per heavy atom. The van der Waals surface area contributed by atoms with Crippen LogP contribution in [0.1, 0.15) is 0 Å². The summed E-state index contributed by atoms with van der Waals surface area (Å²) in [6.07, 6.45) is 0. The van der Waals surface area contributed by atoms with Crippen LogP contribution in [0.5, 0.6) is 0 Å². The second kappa shape index (κ2) is 7.15. The van der Waals surface area contributed by atoms with E-state index in [1.165, 1.54) is 4.90 Å². The number of nitrogens with one attached hydrogen (secondary N) is 4. The van der Waals surface area contributed by atoms with Crippen molar-refractivity contribution in [2.24, 2.45) is 0 Å². The number of nitrogens with zero attached hydrogens (tertiary/aromatic N) is 1. The Labute approximate surface area is 143 Å². The Bertz CT molecular complexity index is 722. The van der Waals surface area contributed by atoms with Gasteiger partial charge in [0.1, 0.15) is 31.7 Å². The van der Waals surface area contributed by atoms with E-state index in [9.17, 15) is 4.79 Å². The molecule has 2 heterocycles. The highest BCUT2D eigenvalue weighted by Gasteiger charge is 2.23. The number of carbonyl (C=O) groups excluding carboxylic acids is 1. The SMILES string of the molecule is CN(C)c1cc(NC(=O)C[NH+]2CC[NH+](C)CC2)c2ccccc2[nH+]1. The van der Waals surface area contributed by atoms with Crippen LogP contribution in [0.25, 0.3) is 10.9 Å². The molecule has 0 bridgehead atoms. The zero-order chi connectivity index (χ0) is 17.1. The van der Waals surface area contributed by atoms with Gasteiger partial charge in [-0.05, 0) is 12.1 Å². The first-order valence-corrected chi connectivity index (χ1v) is 8.60. The average molecular weight is 330 g/mol. The van der Waals surface area contributed by atoms with Gasteiger partial charge < -0.3 is 15.1 Å². The van der Waals surface area contributed by atoms with Crippen molar-refractivity contribution in [3.63, 3.8) is 0 Å². The highest BCUT2D eigenvalue weighted by atomic mass is 16.2. The molecule has 2 aromatic rings. The van der Waals surface area contributed by atoms with E-state index >= 15 is 0 Å². The van der Waals surface area contributed by atoms with Crippen LogP contribution < -0.4 is 25.0 Å². The normalized spacial score (nSPS) is 20.8. The van der Waals surface area contributed by atoms with E-state index in [4.69, 9.17) is 0 Å². The molecule has 1 aliphatic heterocycles. The van der Waals surface area contributed by atoms with E-state index in [0.717, 1.165) is 48.6 Å². The minimum absolute atomic E-state index is 0.0885. The van der Waals surface area contributed by atoms with Crippen LogP contribution in [0.4, 0.5) is 11.5 Å². The third-order valence-electron chi connectivity index (χ3n) is 4.74. The van der Waals surface area contributed by atoms with Gasteiger partial charge in [0.25, 0.3) is 11.7 Å². The molecule has 1 aromatic heterocycles. The van der Waals surface area contributed by atoms with E-state index in [-0.39, 0.29) is 5.91 Å². The largest absolute Gasteiger partial charge is 0.328 e. The van der Waals surface area contributed by atoms with Gasteiger partial charge in [0, 0.05) is 5.39 Å². The molecule has 3 rings (SSSR count). The van der Waals surface area contributed by atoms with Crippen molar-refractivity contribution in [1.82, 2.24) is 0 Å². The predicted molar refractivity (Wildman–Crippen MR) is 95.6 cm³/mol. The molecule has 1 aromatic carbocycles. The topological polar surface area (TPSA) is 55.4 Å². The maximum absolute atomic E-state index is 12.5. The molecule has 0 spiro atoms. The van der Waals surface area contributed by atoms with Gasteiger partial charge >= 0.3 is 0 Å². The lowest BCUT2D eigenvalue weighted by molar-refractivity contribution is -0.999. The Kier molecular flexibility index (Phi) is 4.97. The maximum atomic E-state index is 12.5. The van der Waals surface area contributed by atoms with Crippen molar-refractivity contribution in [2.75, 3.05) is 64.1 Å². The van der Waals surface area contributed by atoms with Crippen LogP contribution in [-0.2, 0) is 4.79 Å². The van der Waals surface area contributed by atoms with Crippen LogP contribution in [0, 0.1) is 0 Å². The molecule has 0 aliphatic carbocycles. The highest BCUT2D eigenvalue weighted by molar-refractivity contribution is 6.01. The van der Waals surface area contributed by atoms with Crippen LogP contribution in [-0.4, -0.2) is 59.8 Å². The molecule has 24 heavy (non-hydrogen) atoms. The van der Waals surface area contributed by atoms with Gasteiger partial charge in [-0.2, -0.15) is 0 Å². The average Bonchev–Trinajstić information content (AvgIpc) is 2.56. The fraction of sp³-hybridized carbons (Fsp3) is 0.444. The first-order chi connectivity index (χ1) is 11.5. The lowest BCUT2D eigenvalue weighted by Gasteiger charge is -2.26. The summed E-state index contributed by atoms with van der Waals surface area (Å²) >= 11 is 0. The number of H-pyrrole nitrogens is 1. The van der Waals surface area contributed by atoms with Crippen LogP contribution in [0.3, 0.4) is 0 Å². The molecule has 6 heteroatoms. The first kappa shape index (κ1) is 16.7. The molecule has 1 saturated heterocycles. The third kappa shape index (κ3) is 3.83. The number of likely N-dealkylation sites (N-methyl/N-ethyl adjacent to an activating group) is 1. The van der Waals surface area contributed by atoms with Gasteiger partial charge in [-0.25, -0.2) is 4.98 Å². The van der Waals surface area contributed by atoms with E-state index in [1.54, 1.807) is 4.90 Å². The molecule has 4 N–H and O–H groups in total. The van der Waals surface area contributed by atoms with Crippen molar-refractivity contribution in [3.8, 4) is 0 Å². The number of benzene rings is 1. The molecular weight excluding hydrogens is 302 g/mol. The minimum Gasteiger partial charge on any atom is -0.328 e. The number of anilines is 2. The molecule has 1 amide bonds. The second-order valence-corrected chi connectivity index (χ2v) is 6.94. The van der Waals surface area contributed by atoms with E-state index < -0.39 is 0 Å². The van der Waals surface area contributed by atoms with E-state index in [2.05, 4.69) is 17.3 Å². The summed E-state index contributed by atoms with van der Waals surface area (Å²) in [5.74, 6) is 1.06. The number of para-hydroxylation sites is 1. The second-order valence-electron chi connectivity index (χ2n) is 6.94. The van der Waals surface area contributed by atoms with Gasteiger partial charge in [0.05, 0.1) is 32.9 Å². The van der Waals surface area contributed by atoms with Crippen molar-refractivity contribution in [2.45, 2.75) is 0 Å². The molecule has 128 valence electrons. The molecule has 0 radical (unpaired) electrons. The summed E-state index contributed by atoms with van der Waals surface area (Å²) in [5, 5.41) is 4.16. The molecule has 0 saturated carbocycles. The molecule has 1 fully saturated rings. The Morgan fingerprint density at radius 1 is 1.21 bits per heavy atom. The van der Waals surface area contributed by atoms with Crippen LogP contribution in [0.15, 0.2) is 30.3 Å². The van der Waals surface area contributed by atoms with Gasteiger partial charge in [0.15, 0.2) is 6.54 Å². The number of amides is 1. The number of fused-ring (bicyclic) bond motifs is 1. The number of pyridine rings is 1. The lowest BCUT2D eigenvalue weighted by atomic mass is 10.1. The zero-order valence-electron chi connectivity index (χ0n) is 14.8. The van der Waals surface area contributed by atoms with Gasteiger partial charge in [-0.1, -0.05) is 12.1 Å². The lowest BCUT2D eigenvalue weighted by Crippen LogP contribution is -3.27. The molecule has 0 unspecified atom stereocenters. The Balaban J connectivity index is 1.77. The number of hydrogen-bond acceptors (Lipinski definition) is 2. The van der Waals surface area contributed by atoms with E-state index in [1.807, 2.05) is 49.3 Å². The fourth-order valence-electron chi connectivity index (χ4n) is 3.19. The standard InChI is InChI=1S/C18H25N5O/c1-21(2)17-12-16(14-6-4-5-7-15(14)19-17)20-18(24)13-23-10-8-22(3)9-11-23/h4-7,12H,8-11,13H2,1-3H3,(H,19,20,24)/p+3. The number of aromatic nitrogens is 1. The summed E-state index contributed by atoms with van der Waals surface area (Å²) in [4.78, 5) is 20.9. The van der Waals surface area contributed by atoms with Gasteiger partial charge in [-0.15, -0.1) is 0 Å². The fourth-order valence-corrected chi connectivity index (χ4v) is 3.19. The number of carbonyl (C=O) groups is 1. The zero-order valence-corrected chi connectivity index (χ0v) is 14.8. The van der Waals surface area contributed by atoms with Crippen molar-refractivity contribution >= 4 is 28.3 Å². The molecular formula is C18H28N5O+3. The summed E-state index contributed by atoms with van der Waals surface area (Å²) in [7, 11) is 6.19. The monoisotopic (exact) mass is 330 g/mol. The molecule has 0 atom stereocenters. The van der Waals surface area contributed by atoms with Crippen molar-refractivity contribution < 1.29 is 19.6 Å². The molecule has 6 nitrogen and oxygen atoms in total. The predicted octanol–water partition coefficient (Wildman–Crippen LogP) is -1.93. The first-order valence-electron chi connectivity index (χ1n) is 8.60. The van der Waals surface area contributed by atoms with Gasteiger partial charge in [-0.3, -0.25) is 9.69 Å². The van der Waals surface area contributed by atoms with Crippen LogP contribution >= 0.6 is 0 Å². The maximum Gasteiger partial charge on any atom is 0.279 e. The van der Waals surface area contributed by atoms with Crippen molar-refractivity contribution in [1.29, 1.82) is 0 Å². The number of aromatic amines is 1. The van der Waals surface area contributed by atoms with Crippen LogP contribution in [0.2, 0.25) is 0 Å². The minimum atomic E-state index is 0.0885.